The van der Waals surface area contributed by atoms with Crippen molar-refractivity contribution in [1.82, 2.24) is 15.2 Å². The maximum atomic E-state index is 13.5. The lowest BCUT2D eigenvalue weighted by Crippen LogP contribution is -2.16. The van der Waals surface area contributed by atoms with Crippen LogP contribution in [0.1, 0.15) is 12.5 Å². The van der Waals surface area contributed by atoms with Crippen LogP contribution in [0.15, 0.2) is 58.8 Å². The van der Waals surface area contributed by atoms with E-state index < -0.39 is 23.2 Å². The van der Waals surface area contributed by atoms with Crippen molar-refractivity contribution >= 4 is 35.0 Å². The van der Waals surface area contributed by atoms with Gasteiger partial charge in [-0.2, -0.15) is 10.1 Å². The van der Waals surface area contributed by atoms with E-state index in [2.05, 4.69) is 31.0 Å². The Labute approximate surface area is 163 Å². The van der Waals surface area contributed by atoms with Crippen LogP contribution in [0.3, 0.4) is 0 Å². The highest BCUT2D eigenvalue weighted by atomic mass is 32.2. The summed E-state index contributed by atoms with van der Waals surface area (Å²) in [6.07, 6.45) is 0. The number of aromatic nitrogens is 3. The molecule has 0 fully saturated rings. The average molecular weight is 402 g/mol. The summed E-state index contributed by atoms with van der Waals surface area (Å²) in [7, 11) is 0. The molecule has 7 nitrogen and oxygen atoms in total. The third kappa shape index (κ3) is 5.13. The van der Waals surface area contributed by atoms with Crippen LogP contribution in [0.5, 0.6) is 0 Å². The Kier molecular flexibility index (Phi) is 6.33. The fourth-order valence-corrected chi connectivity index (χ4v) is 2.76. The highest BCUT2D eigenvalue weighted by Crippen LogP contribution is 2.19. The van der Waals surface area contributed by atoms with E-state index in [0.29, 0.717) is 11.1 Å². The van der Waals surface area contributed by atoms with Gasteiger partial charge >= 0.3 is 0 Å². The van der Waals surface area contributed by atoms with Gasteiger partial charge in [0.25, 0.3) is 0 Å². The number of hydrogen-bond acceptors (Lipinski definition) is 6. The Hall–Kier alpha value is -3.27. The van der Waals surface area contributed by atoms with E-state index in [0.717, 1.165) is 35.2 Å². The van der Waals surface area contributed by atoms with Crippen LogP contribution in [-0.4, -0.2) is 32.6 Å². The van der Waals surface area contributed by atoms with E-state index in [-0.39, 0.29) is 5.75 Å². The molecule has 0 bridgehead atoms. The first-order chi connectivity index (χ1) is 13.5. The van der Waals surface area contributed by atoms with Crippen molar-refractivity contribution in [2.24, 2.45) is 5.10 Å². The number of nitrogens with zero attached hydrogens (tertiary/aromatic N) is 3. The smallest absolute Gasteiger partial charge is 0.240 e. The van der Waals surface area contributed by atoms with E-state index in [9.17, 15) is 13.6 Å². The number of H-pyrrole nitrogens is 1. The fourth-order valence-electron chi connectivity index (χ4n) is 2.16. The molecule has 28 heavy (non-hydrogen) atoms. The zero-order chi connectivity index (χ0) is 19.9. The summed E-state index contributed by atoms with van der Waals surface area (Å²) in [6, 6.07) is 13.0. The van der Waals surface area contributed by atoms with Gasteiger partial charge in [-0.05, 0) is 24.6 Å². The molecule has 0 saturated carbocycles. The number of carbonyl (C=O) groups is 1. The highest BCUT2D eigenvalue weighted by Gasteiger charge is 2.13. The second kappa shape index (κ2) is 9.09. The van der Waals surface area contributed by atoms with Crippen molar-refractivity contribution in [3.63, 3.8) is 0 Å². The molecule has 0 aliphatic heterocycles. The van der Waals surface area contributed by atoms with Crippen molar-refractivity contribution < 1.29 is 13.6 Å². The summed E-state index contributed by atoms with van der Waals surface area (Å²) < 4.78 is 27.1. The molecule has 3 aromatic rings. The monoisotopic (exact) mass is 402 g/mol. The fraction of sp³-hybridized carbons (Fsp3) is 0.111. The number of hydrogen-bond donors (Lipinski definition) is 3. The van der Waals surface area contributed by atoms with Crippen molar-refractivity contribution in [3.8, 4) is 0 Å². The topological polar surface area (TPSA) is 95.1 Å². The van der Waals surface area contributed by atoms with Crippen molar-refractivity contribution in [1.29, 1.82) is 0 Å². The van der Waals surface area contributed by atoms with Crippen LogP contribution in [0, 0.1) is 11.6 Å². The van der Waals surface area contributed by atoms with Crippen LogP contribution in [0.4, 0.5) is 20.4 Å². The maximum Gasteiger partial charge on any atom is 0.240 e. The number of thioether (sulfide) groups is 1. The minimum Gasteiger partial charge on any atom is -0.320 e. The number of aromatic amines is 1. The molecule has 3 N–H and O–H groups in total. The molecule has 0 radical (unpaired) electrons. The van der Waals surface area contributed by atoms with Crippen molar-refractivity contribution in [2.45, 2.75) is 12.1 Å². The number of para-hydroxylation sites is 1. The van der Waals surface area contributed by atoms with Gasteiger partial charge in [-0.3, -0.25) is 4.79 Å². The van der Waals surface area contributed by atoms with Gasteiger partial charge in [-0.1, -0.05) is 48.2 Å². The molecule has 1 heterocycles. The number of nitrogens with one attached hydrogen (secondary N) is 3. The van der Waals surface area contributed by atoms with E-state index in [1.807, 2.05) is 37.3 Å². The molecule has 1 amide bonds. The number of halogens is 2. The van der Waals surface area contributed by atoms with Crippen LogP contribution in [0.25, 0.3) is 0 Å². The minimum atomic E-state index is -0.839. The summed E-state index contributed by atoms with van der Waals surface area (Å²) in [5, 5.41) is 13.3. The summed E-state index contributed by atoms with van der Waals surface area (Å²) in [4.78, 5) is 16.0. The van der Waals surface area contributed by atoms with E-state index in [4.69, 9.17) is 0 Å². The SMILES string of the molecule is C/C(=N\Nc1nc(SCC(=O)Nc2c(F)cccc2F)n[nH]1)c1ccccc1. The molecule has 0 spiro atoms. The van der Waals surface area contributed by atoms with Crippen LogP contribution >= 0.6 is 11.8 Å². The zero-order valence-corrected chi connectivity index (χ0v) is 15.6. The molecule has 0 saturated heterocycles. The first-order valence-corrected chi connectivity index (χ1v) is 9.16. The van der Waals surface area contributed by atoms with Crippen molar-refractivity contribution in [3.05, 3.63) is 65.7 Å². The molecule has 1 aromatic heterocycles. The van der Waals surface area contributed by atoms with E-state index in [1.54, 1.807) is 0 Å². The molecule has 2 aromatic carbocycles. The lowest BCUT2D eigenvalue weighted by molar-refractivity contribution is -0.113. The van der Waals surface area contributed by atoms with Crippen molar-refractivity contribution in [2.75, 3.05) is 16.5 Å². The predicted molar refractivity (Wildman–Crippen MR) is 104 cm³/mol. The van der Waals surface area contributed by atoms with E-state index in [1.165, 1.54) is 6.07 Å². The first-order valence-electron chi connectivity index (χ1n) is 8.17. The van der Waals surface area contributed by atoms with Gasteiger partial charge in [-0.25, -0.2) is 19.3 Å². The van der Waals surface area contributed by atoms with Crippen LogP contribution < -0.4 is 10.7 Å². The summed E-state index contributed by atoms with van der Waals surface area (Å²) in [5.74, 6) is -2.06. The van der Waals surface area contributed by atoms with Gasteiger partial charge in [0.2, 0.25) is 17.0 Å². The van der Waals surface area contributed by atoms with Gasteiger partial charge in [0, 0.05) is 0 Å². The van der Waals surface area contributed by atoms with Gasteiger partial charge in [0.05, 0.1) is 11.5 Å². The molecule has 0 unspecified atom stereocenters. The number of rotatable bonds is 7. The first kappa shape index (κ1) is 19.5. The van der Waals surface area contributed by atoms with Gasteiger partial charge in [0.15, 0.2) is 0 Å². The lowest BCUT2D eigenvalue weighted by Gasteiger charge is -2.06. The Bertz CT molecular complexity index is 973. The molecule has 10 heteroatoms. The zero-order valence-electron chi connectivity index (χ0n) is 14.7. The molecule has 144 valence electrons. The number of anilines is 2. The van der Waals surface area contributed by atoms with Crippen LogP contribution in [-0.2, 0) is 4.79 Å². The molecule has 3 rings (SSSR count). The molecule has 0 atom stereocenters. The van der Waals surface area contributed by atoms with Gasteiger partial charge in [-0.15, -0.1) is 5.10 Å². The van der Waals surface area contributed by atoms with E-state index >= 15 is 0 Å². The quantitative estimate of drug-likeness (QED) is 0.319. The lowest BCUT2D eigenvalue weighted by atomic mass is 10.1. The van der Waals surface area contributed by atoms with Crippen LogP contribution in [0.2, 0.25) is 0 Å². The molecular formula is C18H16F2N6OS. The predicted octanol–water partition coefficient (Wildman–Crippen LogP) is 3.65. The van der Waals surface area contributed by atoms with Gasteiger partial charge in [0.1, 0.15) is 17.3 Å². The minimum absolute atomic E-state index is 0.114. The summed E-state index contributed by atoms with van der Waals surface area (Å²) in [5.41, 5.74) is 4.00. The normalized spacial score (nSPS) is 11.3. The Morgan fingerprint density at radius 2 is 1.86 bits per heavy atom. The number of amides is 1. The summed E-state index contributed by atoms with van der Waals surface area (Å²) in [6.45, 7) is 1.85. The number of benzene rings is 2. The Morgan fingerprint density at radius 3 is 2.57 bits per heavy atom. The largest absolute Gasteiger partial charge is 0.320 e. The summed E-state index contributed by atoms with van der Waals surface area (Å²) >= 11 is 1.01. The molecular weight excluding hydrogens is 386 g/mol. The third-order valence-corrected chi connectivity index (χ3v) is 4.39. The van der Waals surface area contributed by atoms with Gasteiger partial charge < -0.3 is 5.32 Å². The third-order valence-electron chi connectivity index (χ3n) is 3.55. The maximum absolute atomic E-state index is 13.5. The Morgan fingerprint density at radius 1 is 1.14 bits per heavy atom. The Balaban J connectivity index is 1.53. The number of hydrazone groups is 1. The molecule has 0 aliphatic rings. The average Bonchev–Trinajstić information content (AvgIpc) is 3.16. The highest BCUT2D eigenvalue weighted by molar-refractivity contribution is 7.99. The standard InChI is InChI=1S/C18H16F2N6OS/c1-11(12-6-3-2-4-7-12)23-24-17-22-18(26-25-17)28-10-15(27)21-16-13(19)8-5-9-14(16)20/h2-9H,10H2,1H3,(H,21,27)(H2,22,24,25,26)/b23-11+. The molecule has 0 aliphatic carbocycles. The second-order valence-electron chi connectivity index (χ2n) is 5.58. The second-order valence-corrected chi connectivity index (χ2v) is 6.52. The number of carbonyl (C=O) groups excluding carboxylic acids is 1.